The number of hydrogen-bond acceptors (Lipinski definition) is 3. The van der Waals surface area contributed by atoms with Crippen LogP contribution in [0.5, 0.6) is 5.75 Å². The minimum absolute atomic E-state index is 0.131. The van der Waals surface area contributed by atoms with Gasteiger partial charge in [0.1, 0.15) is 5.75 Å². The SMILES string of the molecule is COc1ccccc1CC(=O)Nc1ccc(Cl)cc1C(=O)c1ccccc1. The molecular formula is C22H18ClNO3. The van der Waals surface area contributed by atoms with Crippen LogP contribution in [0.1, 0.15) is 21.5 Å². The molecule has 0 heterocycles. The van der Waals surface area contributed by atoms with Gasteiger partial charge in [-0.2, -0.15) is 0 Å². The van der Waals surface area contributed by atoms with E-state index in [0.717, 1.165) is 5.56 Å². The molecular weight excluding hydrogens is 362 g/mol. The van der Waals surface area contributed by atoms with E-state index < -0.39 is 0 Å². The number of amides is 1. The van der Waals surface area contributed by atoms with Crippen molar-refractivity contribution in [1.29, 1.82) is 0 Å². The van der Waals surface area contributed by atoms with Crippen molar-refractivity contribution < 1.29 is 14.3 Å². The number of anilines is 1. The van der Waals surface area contributed by atoms with E-state index in [1.165, 1.54) is 0 Å². The third kappa shape index (κ3) is 4.54. The summed E-state index contributed by atoms with van der Waals surface area (Å²) in [7, 11) is 1.56. The second kappa shape index (κ2) is 8.52. The van der Waals surface area contributed by atoms with Gasteiger partial charge in [0.2, 0.25) is 5.91 Å². The molecule has 27 heavy (non-hydrogen) atoms. The molecule has 0 aliphatic rings. The maximum absolute atomic E-state index is 12.8. The van der Waals surface area contributed by atoms with E-state index in [-0.39, 0.29) is 18.1 Å². The number of ketones is 1. The lowest BCUT2D eigenvalue weighted by Gasteiger charge is -2.12. The highest BCUT2D eigenvalue weighted by Crippen LogP contribution is 2.25. The van der Waals surface area contributed by atoms with Gasteiger partial charge in [-0.25, -0.2) is 0 Å². The largest absolute Gasteiger partial charge is 0.496 e. The Kier molecular flexibility index (Phi) is 5.89. The summed E-state index contributed by atoms with van der Waals surface area (Å²) in [5.41, 5.74) is 2.07. The van der Waals surface area contributed by atoms with Crippen LogP contribution in [-0.2, 0) is 11.2 Å². The summed E-state index contributed by atoms with van der Waals surface area (Å²) in [4.78, 5) is 25.4. The van der Waals surface area contributed by atoms with E-state index in [0.29, 0.717) is 27.6 Å². The molecule has 1 amide bonds. The molecule has 0 aliphatic carbocycles. The molecule has 0 fully saturated rings. The number of rotatable bonds is 6. The van der Waals surface area contributed by atoms with Crippen LogP contribution < -0.4 is 10.1 Å². The molecule has 0 saturated carbocycles. The molecule has 0 saturated heterocycles. The number of methoxy groups -OCH3 is 1. The van der Waals surface area contributed by atoms with Crippen molar-refractivity contribution in [3.63, 3.8) is 0 Å². The first kappa shape index (κ1) is 18.7. The molecule has 0 bridgehead atoms. The highest BCUT2D eigenvalue weighted by atomic mass is 35.5. The third-order valence-electron chi connectivity index (χ3n) is 4.08. The molecule has 5 heteroatoms. The molecule has 0 aliphatic heterocycles. The zero-order valence-corrected chi connectivity index (χ0v) is 15.5. The topological polar surface area (TPSA) is 55.4 Å². The minimum atomic E-state index is -0.246. The van der Waals surface area contributed by atoms with Crippen molar-refractivity contribution >= 4 is 29.0 Å². The monoisotopic (exact) mass is 379 g/mol. The minimum Gasteiger partial charge on any atom is -0.496 e. The van der Waals surface area contributed by atoms with Crippen LogP contribution in [0, 0.1) is 0 Å². The molecule has 0 unspecified atom stereocenters. The number of halogens is 1. The highest BCUT2D eigenvalue weighted by Gasteiger charge is 2.17. The van der Waals surface area contributed by atoms with Crippen molar-refractivity contribution in [3.05, 3.63) is 94.5 Å². The molecule has 0 aromatic heterocycles. The first-order valence-corrected chi connectivity index (χ1v) is 8.77. The number of nitrogens with one attached hydrogen (secondary N) is 1. The molecule has 3 aromatic carbocycles. The van der Waals surface area contributed by atoms with E-state index in [4.69, 9.17) is 16.3 Å². The smallest absolute Gasteiger partial charge is 0.228 e. The number of benzene rings is 3. The molecule has 1 N–H and O–H groups in total. The molecule has 0 atom stereocenters. The van der Waals surface area contributed by atoms with Crippen molar-refractivity contribution in [2.45, 2.75) is 6.42 Å². The predicted octanol–water partition coefficient (Wildman–Crippen LogP) is 4.76. The van der Waals surface area contributed by atoms with Gasteiger partial charge in [0.25, 0.3) is 0 Å². The summed E-state index contributed by atoms with van der Waals surface area (Å²) in [6.07, 6.45) is 0.131. The van der Waals surface area contributed by atoms with Crippen molar-refractivity contribution in [2.24, 2.45) is 0 Å². The quantitative estimate of drug-likeness (QED) is 0.628. The molecule has 3 rings (SSSR count). The van der Waals surface area contributed by atoms with Gasteiger partial charge in [0.05, 0.1) is 19.2 Å². The summed E-state index contributed by atoms with van der Waals surface area (Å²) in [6, 6.07) is 21.0. The number of ether oxygens (including phenoxy) is 1. The van der Waals surface area contributed by atoms with E-state index in [1.807, 2.05) is 24.3 Å². The number of hydrogen-bond donors (Lipinski definition) is 1. The Morgan fingerprint density at radius 2 is 1.67 bits per heavy atom. The summed E-state index contributed by atoms with van der Waals surface area (Å²) < 4.78 is 5.28. The molecule has 4 nitrogen and oxygen atoms in total. The Labute approximate surface area is 162 Å². The molecule has 0 radical (unpaired) electrons. The van der Waals surface area contributed by atoms with Gasteiger partial charge < -0.3 is 10.1 Å². The van der Waals surface area contributed by atoms with Gasteiger partial charge in [-0.05, 0) is 24.3 Å². The Morgan fingerprint density at radius 1 is 0.963 bits per heavy atom. The van der Waals surface area contributed by atoms with E-state index in [9.17, 15) is 9.59 Å². The van der Waals surface area contributed by atoms with Crippen molar-refractivity contribution in [3.8, 4) is 5.75 Å². The lowest BCUT2D eigenvalue weighted by molar-refractivity contribution is -0.115. The summed E-state index contributed by atoms with van der Waals surface area (Å²) in [5.74, 6) is 0.193. The van der Waals surface area contributed by atoms with Gasteiger partial charge in [0, 0.05) is 21.7 Å². The normalized spacial score (nSPS) is 10.3. The highest BCUT2D eigenvalue weighted by molar-refractivity contribution is 6.31. The van der Waals surface area contributed by atoms with E-state index in [1.54, 1.807) is 55.6 Å². The van der Waals surface area contributed by atoms with Gasteiger partial charge in [0.15, 0.2) is 5.78 Å². The fourth-order valence-electron chi connectivity index (χ4n) is 2.77. The molecule has 136 valence electrons. The number of para-hydroxylation sites is 1. The molecule has 0 spiro atoms. The fraction of sp³-hybridized carbons (Fsp3) is 0.0909. The number of carbonyl (C=O) groups is 2. The summed E-state index contributed by atoms with van der Waals surface area (Å²) >= 11 is 6.07. The van der Waals surface area contributed by atoms with Crippen molar-refractivity contribution in [1.82, 2.24) is 0 Å². The van der Waals surface area contributed by atoms with Crippen LogP contribution in [-0.4, -0.2) is 18.8 Å². The Hall–Kier alpha value is -3.11. The first-order chi connectivity index (χ1) is 13.1. The maximum atomic E-state index is 12.8. The van der Waals surface area contributed by atoms with Crippen LogP contribution in [0.15, 0.2) is 72.8 Å². The number of carbonyl (C=O) groups excluding carboxylic acids is 2. The van der Waals surface area contributed by atoms with E-state index in [2.05, 4.69) is 5.32 Å². The van der Waals surface area contributed by atoms with Crippen LogP contribution >= 0.6 is 11.6 Å². The zero-order valence-electron chi connectivity index (χ0n) is 14.7. The summed E-state index contributed by atoms with van der Waals surface area (Å²) in [5, 5.41) is 3.24. The average molecular weight is 380 g/mol. The fourth-order valence-corrected chi connectivity index (χ4v) is 2.95. The Morgan fingerprint density at radius 3 is 2.41 bits per heavy atom. The predicted molar refractivity (Wildman–Crippen MR) is 107 cm³/mol. The lowest BCUT2D eigenvalue weighted by Crippen LogP contribution is -2.17. The van der Waals surface area contributed by atoms with Gasteiger partial charge in [-0.15, -0.1) is 0 Å². The third-order valence-corrected chi connectivity index (χ3v) is 4.31. The summed E-state index contributed by atoms with van der Waals surface area (Å²) in [6.45, 7) is 0. The second-order valence-corrected chi connectivity index (χ2v) is 6.36. The van der Waals surface area contributed by atoms with Gasteiger partial charge in [-0.3, -0.25) is 9.59 Å². The molecule has 3 aromatic rings. The first-order valence-electron chi connectivity index (χ1n) is 8.39. The van der Waals surface area contributed by atoms with Gasteiger partial charge in [-0.1, -0.05) is 60.1 Å². The Bertz CT molecular complexity index is 970. The Balaban J connectivity index is 1.85. The lowest BCUT2D eigenvalue weighted by atomic mass is 10.0. The van der Waals surface area contributed by atoms with Gasteiger partial charge >= 0.3 is 0 Å². The standard InChI is InChI=1S/C22H18ClNO3/c1-27-20-10-6-5-9-16(20)13-21(25)24-19-12-11-17(23)14-18(19)22(26)15-7-3-2-4-8-15/h2-12,14H,13H2,1H3,(H,24,25). The van der Waals surface area contributed by atoms with Crippen LogP contribution in [0.25, 0.3) is 0 Å². The van der Waals surface area contributed by atoms with Crippen LogP contribution in [0.3, 0.4) is 0 Å². The second-order valence-electron chi connectivity index (χ2n) is 5.92. The zero-order chi connectivity index (χ0) is 19.2. The average Bonchev–Trinajstić information content (AvgIpc) is 2.70. The van der Waals surface area contributed by atoms with Crippen LogP contribution in [0.4, 0.5) is 5.69 Å². The van der Waals surface area contributed by atoms with Crippen LogP contribution in [0.2, 0.25) is 5.02 Å². The van der Waals surface area contributed by atoms with E-state index >= 15 is 0 Å². The van der Waals surface area contributed by atoms with Crippen molar-refractivity contribution in [2.75, 3.05) is 12.4 Å². The maximum Gasteiger partial charge on any atom is 0.228 e.